The summed E-state index contributed by atoms with van der Waals surface area (Å²) in [5.41, 5.74) is 5.40. The molecule has 0 aromatic heterocycles. The maximum absolute atomic E-state index is 14.1. The largest absolute Gasteiger partial charge is 0.487 e. The first-order valence-corrected chi connectivity index (χ1v) is 15.4. The van der Waals surface area contributed by atoms with E-state index in [2.05, 4.69) is 71.4 Å². The van der Waals surface area contributed by atoms with Crippen LogP contribution in [0.15, 0.2) is 74.0 Å². The fraction of sp³-hybridized carbons (Fsp3) is 0.455. The van der Waals surface area contributed by atoms with E-state index in [-0.39, 0.29) is 22.4 Å². The highest BCUT2D eigenvalue weighted by Crippen LogP contribution is 2.56. The van der Waals surface area contributed by atoms with Crippen molar-refractivity contribution in [2.24, 2.45) is 10.8 Å². The minimum atomic E-state index is -0.449. The van der Waals surface area contributed by atoms with Gasteiger partial charge in [-0.3, -0.25) is 9.59 Å². The molecular formula is C33H37Br2NO3. The van der Waals surface area contributed by atoms with E-state index in [1.54, 1.807) is 0 Å². The molecule has 1 heterocycles. The zero-order valence-electron chi connectivity index (χ0n) is 23.5. The van der Waals surface area contributed by atoms with Crippen LogP contribution in [0.25, 0.3) is 0 Å². The summed E-state index contributed by atoms with van der Waals surface area (Å²) in [6.07, 6.45) is 3.51. The SMILES string of the molecule is CCCN1C2=C(C(=O)CC(C)(C)C2)C(c2cc(Br)cc(Br)c2OCc2ccccc2)C2=C1CC(C)(C)CC2=O. The van der Waals surface area contributed by atoms with E-state index in [1.165, 1.54) is 0 Å². The van der Waals surface area contributed by atoms with Gasteiger partial charge in [-0.1, -0.05) is 80.9 Å². The van der Waals surface area contributed by atoms with E-state index in [1.807, 2.05) is 42.5 Å². The van der Waals surface area contributed by atoms with Crippen LogP contribution >= 0.6 is 31.9 Å². The monoisotopic (exact) mass is 653 g/mol. The molecule has 0 atom stereocenters. The zero-order chi connectivity index (χ0) is 28.1. The predicted molar refractivity (Wildman–Crippen MR) is 162 cm³/mol. The molecule has 2 aromatic carbocycles. The molecule has 0 amide bonds. The second kappa shape index (κ2) is 10.7. The van der Waals surface area contributed by atoms with Gasteiger partial charge in [0.05, 0.1) is 4.47 Å². The average molecular weight is 655 g/mol. The second-order valence-corrected chi connectivity index (χ2v) is 14.5. The van der Waals surface area contributed by atoms with Crippen LogP contribution in [0.5, 0.6) is 5.75 Å². The number of ketones is 2. The first-order chi connectivity index (χ1) is 18.4. The lowest BCUT2D eigenvalue weighted by Crippen LogP contribution is -2.44. The van der Waals surface area contributed by atoms with Crippen LogP contribution in [0.3, 0.4) is 0 Å². The van der Waals surface area contributed by atoms with Crippen LogP contribution in [0.4, 0.5) is 0 Å². The third-order valence-corrected chi connectivity index (χ3v) is 9.09. The van der Waals surface area contributed by atoms with Crippen LogP contribution < -0.4 is 4.74 Å². The number of rotatable bonds is 6. The zero-order valence-corrected chi connectivity index (χ0v) is 26.7. The van der Waals surface area contributed by atoms with E-state index in [0.29, 0.717) is 25.2 Å². The van der Waals surface area contributed by atoms with Crippen LogP contribution in [0.2, 0.25) is 0 Å². The van der Waals surface area contributed by atoms with Gasteiger partial charge in [0, 0.05) is 57.9 Å². The van der Waals surface area contributed by atoms with Crippen molar-refractivity contribution in [2.75, 3.05) is 6.54 Å². The number of halogens is 2. The molecule has 206 valence electrons. The van der Waals surface area contributed by atoms with Gasteiger partial charge in [0.2, 0.25) is 0 Å². The molecule has 0 spiro atoms. The van der Waals surface area contributed by atoms with Gasteiger partial charge < -0.3 is 9.64 Å². The molecule has 2 aromatic rings. The second-order valence-electron chi connectivity index (χ2n) is 12.8. The first-order valence-electron chi connectivity index (χ1n) is 13.9. The molecule has 6 heteroatoms. The molecule has 4 nitrogen and oxygen atoms in total. The van der Waals surface area contributed by atoms with Gasteiger partial charge in [-0.25, -0.2) is 0 Å². The summed E-state index contributed by atoms with van der Waals surface area (Å²) < 4.78 is 8.18. The Labute approximate surface area is 249 Å². The van der Waals surface area contributed by atoms with Crippen molar-refractivity contribution in [3.8, 4) is 5.75 Å². The van der Waals surface area contributed by atoms with E-state index < -0.39 is 5.92 Å². The predicted octanol–water partition coefficient (Wildman–Crippen LogP) is 8.89. The van der Waals surface area contributed by atoms with Crippen molar-refractivity contribution in [3.63, 3.8) is 0 Å². The maximum Gasteiger partial charge on any atom is 0.162 e. The van der Waals surface area contributed by atoms with Crippen molar-refractivity contribution in [1.29, 1.82) is 0 Å². The molecule has 0 N–H and O–H groups in total. The number of ether oxygens (including phenoxy) is 1. The Bertz CT molecular complexity index is 1330. The molecule has 0 saturated heterocycles. The average Bonchev–Trinajstić information content (AvgIpc) is 2.83. The minimum absolute atomic E-state index is 0.136. The normalized spacial score (nSPS) is 20.7. The smallest absolute Gasteiger partial charge is 0.162 e. The summed E-state index contributed by atoms with van der Waals surface area (Å²) in [5.74, 6) is 0.517. The van der Waals surface area contributed by atoms with E-state index >= 15 is 0 Å². The molecule has 0 unspecified atom stereocenters. The van der Waals surface area contributed by atoms with Gasteiger partial charge in [-0.15, -0.1) is 0 Å². The summed E-state index contributed by atoms with van der Waals surface area (Å²) in [4.78, 5) is 30.5. The molecule has 5 rings (SSSR count). The lowest BCUT2D eigenvalue weighted by molar-refractivity contribution is -0.119. The Balaban J connectivity index is 1.75. The Morgan fingerprint density at radius 3 is 1.97 bits per heavy atom. The molecular weight excluding hydrogens is 618 g/mol. The maximum atomic E-state index is 14.1. The molecule has 0 radical (unpaired) electrons. The third kappa shape index (κ3) is 5.56. The number of Topliss-reactive ketones (excluding diaryl/α,β-unsaturated/α-hetero) is 2. The molecule has 39 heavy (non-hydrogen) atoms. The number of carbonyl (C=O) groups excluding carboxylic acids is 2. The standard InChI is InChI=1S/C33H37Br2NO3/c1-6-12-36-24-15-32(2,3)17-26(37)29(24)28(30-25(36)16-33(4,5)18-27(30)38)22-13-21(34)14-23(35)31(22)39-19-20-10-8-7-9-11-20/h7-11,13-14,28H,6,12,15-19H2,1-5H3. The summed E-state index contributed by atoms with van der Waals surface area (Å²) in [5, 5.41) is 0. The highest BCUT2D eigenvalue weighted by Gasteiger charge is 2.49. The summed E-state index contributed by atoms with van der Waals surface area (Å²) >= 11 is 7.44. The van der Waals surface area contributed by atoms with Gasteiger partial charge >= 0.3 is 0 Å². The van der Waals surface area contributed by atoms with Crippen LogP contribution in [0.1, 0.15) is 83.8 Å². The highest BCUT2D eigenvalue weighted by molar-refractivity contribution is 9.11. The number of carbonyl (C=O) groups is 2. The molecule has 0 fully saturated rings. The number of benzene rings is 2. The van der Waals surface area contributed by atoms with Gasteiger partial charge in [0.25, 0.3) is 0 Å². The number of nitrogens with zero attached hydrogens (tertiary/aromatic N) is 1. The third-order valence-electron chi connectivity index (χ3n) is 8.04. The fourth-order valence-corrected chi connectivity index (χ4v) is 7.90. The van der Waals surface area contributed by atoms with Crippen molar-refractivity contribution >= 4 is 43.4 Å². The van der Waals surface area contributed by atoms with Crippen LogP contribution in [-0.4, -0.2) is 23.0 Å². The molecule has 1 aliphatic heterocycles. The Kier molecular flexibility index (Phi) is 7.75. The van der Waals surface area contributed by atoms with Crippen molar-refractivity contribution in [1.82, 2.24) is 4.90 Å². The van der Waals surface area contributed by atoms with E-state index in [9.17, 15) is 9.59 Å². The van der Waals surface area contributed by atoms with Crippen molar-refractivity contribution in [3.05, 3.63) is 85.1 Å². The Hall–Kier alpha value is -2.18. The molecule has 3 aliphatic rings. The van der Waals surface area contributed by atoms with E-state index in [4.69, 9.17) is 4.74 Å². The highest BCUT2D eigenvalue weighted by atomic mass is 79.9. The Morgan fingerprint density at radius 2 is 1.44 bits per heavy atom. The van der Waals surface area contributed by atoms with Crippen LogP contribution in [0, 0.1) is 10.8 Å². The minimum Gasteiger partial charge on any atom is -0.487 e. The van der Waals surface area contributed by atoms with E-state index in [0.717, 1.165) is 68.4 Å². The van der Waals surface area contributed by atoms with Crippen molar-refractivity contribution < 1.29 is 14.3 Å². The van der Waals surface area contributed by atoms with Gasteiger partial charge in [0.1, 0.15) is 12.4 Å². The number of hydrogen-bond acceptors (Lipinski definition) is 4. The quantitative estimate of drug-likeness (QED) is 0.312. The summed E-state index contributed by atoms with van der Waals surface area (Å²) in [6, 6.07) is 14.1. The number of hydrogen-bond donors (Lipinski definition) is 0. The topological polar surface area (TPSA) is 46.6 Å². The molecule has 2 aliphatic carbocycles. The fourth-order valence-electron chi connectivity index (χ4n) is 6.53. The summed E-state index contributed by atoms with van der Waals surface area (Å²) in [7, 11) is 0. The lowest BCUT2D eigenvalue weighted by Gasteiger charge is -2.49. The first kappa shape index (κ1) is 28.4. The molecule has 0 saturated carbocycles. The van der Waals surface area contributed by atoms with Crippen LogP contribution in [-0.2, 0) is 16.2 Å². The van der Waals surface area contributed by atoms with Gasteiger partial charge in [0.15, 0.2) is 11.6 Å². The summed E-state index contributed by atoms with van der Waals surface area (Å²) in [6.45, 7) is 12.1. The molecule has 0 bridgehead atoms. The van der Waals surface area contributed by atoms with Gasteiger partial charge in [-0.05, 0) is 63.7 Å². The van der Waals surface area contributed by atoms with Gasteiger partial charge in [-0.2, -0.15) is 0 Å². The van der Waals surface area contributed by atoms with Crippen molar-refractivity contribution in [2.45, 2.75) is 79.2 Å². The lowest BCUT2D eigenvalue weighted by atomic mass is 9.63. The Morgan fingerprint density at radius 1 is 0.872 bits per heavy atom. The number of allylic oxidation sites excluding steroid dienone is 4.